The fourth-order valence-electron chi connectivity index (χ4n) is 1.12. The topological polar surface area (TPSA) is 9.23 Å². The Labute approximate surface area is 74.4 Å². The second-order valence-corrected chi connectivity index (χ2v) is 3.24. The maximum atomic E-state index is 4.78. The molecule has 1 heteroatoms. The zero-order valence-electron chi connectivity index (χ0n) is 7.71. The van der Waals surface area contributed by atoms with Gasteiger partial charge in [0.25, 0.3) is 0 Å². The monoisotopic (exact) mass is 163 g/mol. The van der Waals surface area contributed by atoms with Crippen LogP contribution < -0.4 is 0 Å². The molecule has 0 aliphatic carbocycles. The van der Waals surface area contributed by atoms with E-state index in [0.717, 1.165) is 0 Å². The van der Waals surface area contributed by atoms with Crippen LogP contribution in [0.3, 0.4) is 0 Å². The van der Waals surface area contributed by atoms with Crippen molar-refractivity contribution >= 4 is 0 Å². The quantitative estimate of drug-likeness (QED) is 0.665. The normalized spacial score (nSPS) is 10.7. The largest absolute Gasteiger partial charge is 0.374 e. The molecule has 0 spiro atoms. The van der Waals surface area contributed by atoms with Crippen LogP contribution in [0.1, 0.15) is 30.9 Å². The van der Waals surface area contributed by atoms with E-state index in [-0.39, 0.29) is 0 Å². The van der Waals surface area contributed by atoms with Gasteiger partial charge in [-0.2, -0.15) is 0 Å². The van der Waals surface area contributed by atoms with Crippen molar-refractivity contribution in [1.82, 2.24) is 0 Å². The van der Waals surface area contributed by atoms with Gasteiger partial charge in [-0.05, 0) is 17.0 Å². The summed E-state index contributed by atoms with van der Waals surface area (Å²) in [7, 11) is 3.34. The molecule has 0 aliphatic rings. The predicted octanol–water partition coefficient (Wildman–Crippen LogP) is 3.12. The van der Waals surface area contributed by atoms with Crippen molar-refractivity contribution in [3.63, 3.8) is 0 Å². The predicted molar refractivity (Wildman–Crippen MR) is 50.7 cm³/mol. The van der Waals surface area contributed by atoms with Gasteiger partial charge < -0.3 is 4.74 Å². The molecule has 0 amide bonds. The molecule has 0 N–H and O–H groups in total. The number of benzene rings is 1. The Morgan fingerprint density at radius 1 is 1.25 bits per heavy atom. The summed E-state index contributed by atoms with van der Waals surface area (Å²) >= 11 is 0. The van der Waals surface area contributed by atoms with Crippen LogP contribution in [0.25, 0.3) is 0 Å². The molecule has 0 bridgehead atoms. The van der Waals surface area contributed by atoms with E-state index in [9.17, 15) is 0 Å². The molecule has 12 heavy (non-hydrogen) atoms. The van der Waals surface area contributed by atoms with E-state index >= 15 is 0 Å². The van der Waals surface area contributed by atoms with Gasteiger partial charge in [-0.15, -0.1) is 0 Å². The van der Waals surface area contributed by atoms with E-state index in [1.165, 1.54) is 11.1 Å². The molecule has 0 saturated carbocycles. The molecule has 1 aromatic rings. The molecule has 0 saturated heterocycles. The molecular weight excluding hydrogens is 148 g/mol. The van der Waals surface area contributed by atoms with Gasteiger partial charge in [-0.1, -0.05) is 38.1 Å². The molecule has 0 aromatic heterocycles. The molecule has 0 aliphatic heterocycles. The number of rotatable bonds is 3. The first-order chi connectivity index (χ1) is 5.74. The Morgan fingerprint density at radius 2 is 1.83 bits per heavy atom. The third-order valence-corrected chi connectivity index (χ3v) is 1.92. The number of ether oxygens (including phenoxy) is 1. The van der Waals surface area contributed by atoms with Crippen molar-refractivity contribution in [3.8, 4) is 0 Å². The minimum atomic E-state index is 0.596. The average Bonchev–Trinajstić information content (AvgIpc) is 2.06. The van der Waals surface area contributed by atoms with Gasteiger partial charge in [0.15, 0.2) is 0 Å². The first-order valence-electron chi connectivity index (χ1n) is 4.20. The fraction of sp³-hybridized carbons (Fsp3) is 0.364. The highest BCUT2D eigenvalue weighted by molar-refractivity contribution is 5.24. The van der Waals surface area contributed by atoms with Crippen LogP contribution in [-0.4, -0.2) is 0 Å². The van der Waals surface area contributed by atoms with E-state index in [1.807, 2.05) is 0 Å². The summed E-state index contributed by atoms with van der Waals surface area (Å²) in [6, 6.07) is 8.44. The lowest BCUT2D eigenvalue weighted by Gasteiger charge is -2.05. The van der Waals surface area contributed by atoms with Crippen LogP contribution in [0.4, 0.5) is 0 Å². The molecule has 0 unspecified atom stereocenters. The summed E-state index contributed by atoms with van der Waals surface area (Å²) < 4.78 is 4.78. The van der Waals surface area contributed by atoms with Gasteiger partial charge in [-0.3, -0.25) is 0 Å². The maximum absolute atomic E-state index is 4.78. The third-order valence-electron chi connectivity index (χ3n) is 1.92. The molecule has 0 atom stereocenters. The first-order valence-corrected chi connectivity index (χ1v) is 4.20. The van der Waals surface area contributed by atoms with Gasteiger partial charge >= 0.3 is 0 Å². The Morgan fingerprint density at radius 3 is 2.25 bits per heavy atom. The highest BCUT2D eigenvalue weighted by Gasteiger charge is 1.97. The Balaban J connectivity index is 2.71. The van der Waals surface area contributed by atoms with Crippen LogP contribution in [-0.2, 0) is 11.3 Å². The number of hydrogen-bond acceptors (Lipinski definition) is 1. The Bertz CT molecular complexity index is 223. The summed E-state index contributed by atoms with van der Waals surface area (Å²) in [6.45, 7) is 4.97. The molecule has 65 valence electrons. The van der Waals surface area contributed by atoms with Crippen LogP contribution in [0, 0.1) is 7.11 Å². The number of hydrogen-bond donors (Lipinski definition) is 0. The van der Waals surface area contributed by atoms with Gasteiger partial charge in [-0.25, -0.2) is 0 Å². The van der Waals surface area contributed by atoms with Gasteiger partial charge in [0.1, 0.15) is 0 Å². The highest BCUT2D eigenvalue weighted by Crippen LogP contribution is 2.14. The van der Waals surface area contributed by atoms with Crippen molar-refractivity contribution < 1.29 is 4.74 Å². The minimum Gasteiger partial charge on any atom is -0.374 e. The second kappa shape index (κ2) is 4.27. The molecule has 1 radical (unpaired) electrons. The van der Waals surface area contributed by atoms with Gasteiger partial charge in [0.2, 0.25) is 0 Å². The fourth-order valence-corrected chi connectivity index (χ4v) is 1.12. The highest BCUT2D eigenvalue weighted by atomic mass is 16.5. The van der Waals surface area contributed by atoms with E-state index < -0.39 is 0 Å². The van der Waals surface area contributed by atoms with Crippen LogP contribution in [0.5, 0.6) is 0 Å². The molecule has 1 aromatic carbocycles. The van der Waals surface area contributed by atoms with Crippen LogP contribution in [0.15, 0.2) is 24.3 Å². The van der Waals surface area contributed by atoms with Crippen molar-refractivity contribution in [2.24, 2.45) is 0 Å². The molecule has 1 rings (SSSR count). The lowest BCUT2D eigenvalue weighted by molar-refractivity contribution is 0.229. The summed E-state index contributed by atoms with van der Waals surface area (Å²) in [4.78, 5) is 0. The van der Waals surface area contributed by atoms with E-state index in [4.69, 9.17) is 4.74 Å². The van der Waals surface area contributed by atoms with Gasteiger partial charge in [0, 0.05) is 0 Å². The Kier molecular flexibility index (Phi) is 3.30. The third kappa shape index (κ3) is 2.35. The molecular formula is C11H15O. The summed E-state index contributed by atoms with van der Waals surface area (Å²) in [5.74, 6) is 0.597. The summed E-state index contributed by atoms with van der Waals surface area (Å²) in [6.07, 6.45) is 0. The van der Waals surface area contributed by atoms with Gasteiger partial charge in [0.05, 0.1) is 13.7 Å². The lowest BCUT2D eigenvalue weighted by Crippen LogP contribution is -1.89. The summed E-state index contributed by atoms with van der Waals surface area (Å²) in [5.41, 5.74) is 2.54. The van der Waals surface area contributed by atoms with Crippen molar-refractivity contribution in [2.45, 2.75) is 26.4 Å². The first kappa shape index (κ1) is 9.27. The maximum Gasteiger partial charge on any atom is 0.0718 e. The zero-order chi connectivity index (χ0) is 8.97. The zero-order valence-corrected chi connectivity index (χ0v) is 7.71. The standard InChI is InChI=1S/C11H15O/c1-9(2)11-6-4-10(5-7-11)8-12-3/h4-7,9H,3,8H2,1-2H3. The van der Waals surface area contributed by atoms with Crippen LogP contribution in [0.2, 0.25) is 0 Å². The summed E-state index contributed by atoms with van der Waals surface area (Å²) in [5, 5.41) is 0. The van der Waals surface area contributed by atoms with Crippen molar-refractivity contribution in [2.75, 3.05) is 0 Å². The van der Waals surface area contributed by atoms with Crippen molar-refractivity contribution in [1.29, 1.82) is 0 Å². The average molecular weight is 163 g/mol. The minimum absolute atomic E-state index is 0.596. The smallest absolute Gasteiger partial charge is 0.0718 e. The molecule has 0 fully saturated rings. The molecule has 0 heterocycles. The SMILES string of the molecule is [CH2]OCc1ccc(C(C)C)cc1. The van der Waals surface area contributed by atoms with E-state index in [2.05, 4.69) is 45.2 Å². The van der Waals surface area contributed by atoms with E-state index in [1.54, 1.807) is 0 Å². The molecule has 1 nitrogen and oxygen atoms in total. The van der Waals surface area contributed by atoms with Crippen LogP contribution >= 0.6 is 0 Å². The Hall–Kier alpha value is -0.820. The lowest BCUT2D eigenvalue weighted by atomic mass is 10.0. The van der Waals surface area contributed by atoms with Crippen molar-refractivity contribution in [3.05, 3.63) is 42.5 Å². The van der Waals surface area contributed by atoms with E-state index in [0.29, 0.717) is 12.5 Å². The second-order valence-electron chi connectivity index (χ2n) is 3.24.